The van der Waals surface area contributed by atoms with Crippen LogP contribution in [-0.4, -0.2) is 30.7 Å². The second-order valence-corrected chi connectivity index (χ2v) is 7.42. The van der Waals surface area contributed by atoms with E-state index in [4.69, 9.17) is 4.74 Å². The highest BCUT2D eigenvalue weighted by atomic mass is 16.5. The van der Waals surface area contributed by atoms with E-state index in [0.717, 1.165) is 13.0 Å². The molecule has 0 radical (unpaired) electrons. The molecule has 0 spiro atoms. The number of likely N-dealkylation sites (tertiary alicyclic amines) is 1. The minimum Gasteiger partial charge on any atom is -0.453 e. The molecule has 3 rings (SSSR count). The SMILES string of the molecule is COC(=O)N1CCCCC(c2ccccc2)C1C1CCCCCC1. The number of hydrogen-bond donors (Lipinski definition) is 0. The maximum Gasteiger partial charge on any atom is 0.409 e. The van der Waals surface area contributed by atoms with E-state index >= 15 is 0 Å². The first-order valence-corrected chi connectivity index (χ1v) is 9.71. The number of benzene rings is 1. The molecular formula is C21H31NO2. The van der Waals surface area contributed by atoms with Gasteiger partial charge in [0.15, 0.2) is 0 Å². The highest BCUT2D eigenvalue weighted by Gasteiger charge is 2.39. The number of methoxy groups -OCH3 is 1. The Morgan fingerprint density at radius 3 is 2.29 bits per heavy atom. The molecule has 1 aliphatic heterocycles. The fraction of sp³-hybridized carbons (Fsp3) is 0.667. The minimum atomic E-state index is -0.132. The zero-order valence-corrected chi connectivity index (χ0v) is 15.0. The van der Waals surface area contributed by atoms with Crippen LogP contribution in [0.15, 0.2) is 30.3 Å². The van der Waals surface area contributed by atoms with Gasteiger partial charge in [-0.1, -0.05) is 62.4 Å². The molecule has 1 saturated heterocycles. The first-order chi connectivity index (χ1) is 11.8. The van der Waals surface area contributed by atoms with Crippen molar-refractivity contribution >= 4 is 6.09 Å². The Labute approximate surface area is 146 Å². The lowest BCUT2D eigenvalue weighted by Crippen LogP contribution is -2.47. The van der Waals surface area contributed by atoms with Gasteiger partial charge in [-0.05, 0) is 37.2 Å². The van der Waals surface area contributed by atoms with E-state index in [2.05, 4.69) is 35.2 Å². The highest BCUT2D eigenvalue weighted by Crippen LogP contribution is 2.40. The van der Waals surface area contributed by atoms with Crippen molar-refractivity contribution < 1.29 is 9.53 Å². The third-order valence-electron chi connectivity index (χ3n) is 5.96. The van der Waals surface area contributed by atoms with Crippen molar-refractivity contribution in [3.8, 4) is 0 Å². The number of carbonyl (C=O) groups is 1. The molecule has 0 bridgehead atoms. The van der Waals surface area contributed by atoms with E-state index in [1.54, 1.807) is 0 Å². The summed E-state index contributed by atoms with van der Waals surface area (Å²) < 4.78 is 5.17. The van der Waals surface area contributed by atoms with Gasteiger partial charge in [-0.15, -0.1) is 0 Å². The van der Waals surface area contributed by atoms with Gasteiger partial charge in [-0.25, -0.2) is 4.79 Å². The van der Waals surface area contributed by atoms with Crippen molar-refractivity contribution in [1.29, 1.82) is 0 Å². The Hall–Kier alpha value is -1.51. The van der Waals surface area contributed by atoms with Crippen molar-refractivity contribution in [2.45, 2.75) is 69.7 Å². The molecule has 3 nitrogen and oxygen atoms in total. The van der Waals surface area contributed by atoms with E-state index in [0.29, 0.717) is 17.9 Å². The van der Waals surface area contributed by atoms with Crippen molar-refractivity contribution in [3.05, 3.63) is 35.9 Å². The summed E-state index contributed by atoms with van der Waals surface area (Å²) in [5.74, 6) is 1.05. The predicted octanol–water partition coefficient (Wildman–Crippen LogP) is 5.36. The van der Waals surface area contributed by atoms with Gasteiger partial charge in [0.05, 0.1) is 7.11 Å². The summed E-state index contributed by atoms with van der Waals surface area (Å²) in [4.78, 5) is 14.6. The lowest BCUT2D eigenvalue weighted by molar-refractivity contribution is 0.0783. The summed E-state index contributed by atoms with van der Waals surface area (Å²) >= 11 is 0. The molecule has 1 amide bonds. The summed E-state index contributed by atoms with van der Waals surface area (Å²) in [5.41, 5.74) is 1.39. The van der Waals surface area contributed by atoms with Crippen LogP contribution in [0.4, 0.5) is 4.79 Å². The molecule has 1 aliphatic carbocycles. The van der Waals surface area contributed by atoms with Gasteiger partial charge in [0.2, 0.25) is 0 Å². The first kappa shape index (κ1) is 17.3. The van der Waals surface area contributed by atoms with Crippen LogP contribution in [0.2, 0.25) is 0 Å². The lowest BCUT2D eigenvalue weighted by atomic mass is 9.78. The molecule has 24 heavy (non-hydrogen) atoms. The van der Waals surface area contributed by atoms with E-state index in [-0.39, 0.29) is 6.09 Å². The number of rotatable bonds is 2. The topological polar surface area (TPSA) is 29.5 Å². The molecule has 1 saturated carbocycles. The third kappa shape index (κ3) is 3.93. The first-order valence-electron chi connectivity index (χ1n) is 9.71. The van der Waals surface area contributed by atoms with Gasteiger partial charge < -0.3 is 9.64 Å². The Bertz CT molecular complexity index is 508. The van der Waals surface area contributed by atoms with Gasteiger partial charge in [0, 0.05) is 18.5 Å². The quantitative estimate of drug-likeness (QED) is 0.683. The Kier molecular flexibility index (Phi) is 6.17. The maximum atomic E-state index is 12.5. The van der Waals surface area contributed by atoms with E-state index < -0.39 is 0 Å². The normalized spacial score (nSPS) is 26.5. The number of amides is 1. The standard InChI is InChI=1S/C21H31NO2/c1-24-21(23)22-16-10-9-15-19(17-11-7-4-8-12-17)20(22)18-13-5-2-3-6-14-18/h4,7-8,11-12,18-20H,2-3,5-6,9-10,13-16H2,1H3. The molecule has 1 aromatic rings. The van der Waals surface area contributed by atoms with Crippen LogP contribution in [-0.2, 0) is 4.74 Å². The second-order valence-electron chi connectivity index (χ2n) is 7.42. The van der Waals surface area contributed by atoms with Crippen LogP contribution in [0.3, 0.4) is 0 Å². The average molecular weight is 329 g/mol. The molecule has 1 heterocycles. The molecule has 2 fully saturated rings. The molecule has 2 aliphatic rings. The highest BCUT2D eigenvalue weighted by molar-refractivity contribution is 5.68. The summed E-state index contributed by atoms with van der Waals surface area (Å²) in [6.45, 7) is 0.844. The lowest BCUT2D eigenvalue weighted by Gasteiger charge is -2.39. The van der Waals surface area contributed by atoms with Crippen LogP contribution >= 0.6 is 0 Å². The monoisotopic (exact) mass is 329 g/mol. The zero-order chi connectivity index (χ0) is 16.8. The van der Waals surface area contributed by atoms with Gasteiger partial charge in [-0.2, -0.15) is 0 Å². The van der Waals surface area contributed by atoms with Gasteiger partial charge in [0.25, 0.3) is 0 Å². The van der Waals surface area contributed by atoms with Gasteiger partial charge in [-0.3, -0.25) is 0 Å². The molecule has 3 heteroatoms. The smallest absolute Gasteiger partial charge is 0.409 e. The molecule has 0 aromatic heterocycles. The molecule has 2 unspecified atom stereocenters. The fourth-order valence-corrected chi connectivity index (χ4v) is 4.81. The van der Waals surface area contributed by atoms with Crippen molar-refractivity contribution in [1.82, 2.24) is 4.90 Å². The van der Waals surface area contributed by atoms with Crippen molar-refractivity contribution in [2.75, 3.05) is 13.7 Å². The van der Waals surface area contributed by atoms with Crippen molar-refractivity contribution in [2.24, 2.45) is 5.92 Å². The predicted molar refractivity (Wildman–Crippen MR) is 97.1 cm³/mol. The van der Waals surface area contributed by atoms with Gasteiger partial charge >= 0.3 is 6.09 Å². The molecule has 0 N–H and O–H groups in total. The zero-order valence-electron chi connectivity index (χ0n) is 15.0. The number of nitrogens with zero attached hydrogens (tertiary/aromatic N) is 1. The number of ether oxygens (including phenoxy) is 1. The summed E-state index contributed by atoms with van der Waals surface area (Å²) in [5, 5.41) is 0. The number of hydrogen-bond acceptors (Lipinski definition) is 2. The summed E-state index contributed by atoms with van der Waals surface area (Å²) in [7, 11) is 1.52. The van der Waals surface area contributed by atoms with Crippen LogP contribution < -0.4 is 0 Å². The van der Waals surface area contributed by atoms with Gasteiger partial charge in [0.1, 0.15) is 0 Å². The van der Waals surface area contributed by atoms with Crippen LogP contribution in [0.5, 0.6) is 0 Å². The fourth-order valence-electron chi connectivity index (χ4n) is 4.81. The van der Waals surface area contributed by atoms with Crippen molar-refractivity contribution in [3.63, 3.8) is 0 Å². The minimum absolute atomic E-state index is 0.132. The Morgan fingerprint density at radius 1 is 0.958 bits per heavy atom. The average Bonchev–Trinajstić information content (AvgIpc) is 3.02. The van der Waals surface area contributed by atoms with Crippen LogP contribution in [0.25, 0.3) is 0 Å². The Morgan fingerprint density at radius 2 is 1.62 bits per heavy atom. The maximum absolute atomic E-state index is 12.5. The van der Waals surface area contributed by atoms with Crippen LogP contribution in [0.1, 0.15) is 69.3 Å². The summed E-state index contributed by atoms with van der Waals surface area (Å²) in [6, 6.07) is 11.1. The Balaban J connectivity index is 1.94. The molecule has 132 valence electrons. The van der Waals surface area contributed by atoms with Crippen LogP contribution in [0, 0.1) is 5.92 Å². The molecule has 1 aromatic carbocycles. The largest absolute Gasteiger partial charge is 0.453 e. The van der Waals surface area contributed by atoms with E-state index in [1.165, 1.54) is 64.0 Å². The van der Waals surface area contributed by atoms with E-state index in [1.807, 2.05) is 0 Å². The van der Waals surface area contributed by atoms with E-state index in [9.17, 15) is 4.79 Å². The number of carbonyl (C=O) groups excluding carboxylic acids is 1. The molecule has 2 atom stereocenters. The third-order valence-corrected chi connectivity index (χ3v) is 5.96. The summed E-state index contributed by atoms with van der Waals surface area (Å²) in [6.07, 6.45) is 11.1. The second kappa shape index (κ2) is 8.55. The molecular weight excluding hydrogens is 298 g/mol.